The number of hydrogen-bond donors (Lipinski definition) is 0. The molecule has 0 aromatic heterocycles. The molecule has 1 aliphatic heterocycles. The number of carbonyl (C=O) groups excluding carboxylic acids is 1. The highest BCUT2D eigenvalue weighted by Crippen LogP contribution is 2.53. The van der Waals surface area contributed by atoms with Crippen LogP contribution < -0.4 is 0 Å². The molecule has 0 N–H and O–H groups in total. The molecule has 0 bridgehead atoms. The van der Waals surface area contributed by atoms with Crippen molar-refractivity contribution in [3.63, 3.8) is 0 Å². The molecule has 0 unspecified atom stereocenters. The molecule has 84 valence electrons. The van der Waals surface area contributed by atoms with Gasteiger partial charge in [-0.15, -0.1) is 0 Å². The molecule has 1 spiro atoms. The molecule has 1 amide bonds. The fourth-order valence-electron chi connectivity index (χ4n) is 2.88. The van der Waals surface area contributed by atoms with E-state index in [2.05, 4.69) is 24.3 Å². The second kappa shape index (κ2) is 3.49. The SMILES string of the molecule is O=C([ClH+])N1C[C@H](c2ccccc2)CC12CC2. The van der Waals surface area contributed by atoms with Gasteiger partial charge in [0.15, 0.2) is 0 Å². The van der Waals surface area contributed by atoms with Crippen LogP contribution in [-0.4, -0.2) is 22.3 Å². The number of hydrogen-bond acceptors (Lipinski definition) is 1. The van der Waals surface area contributed by atoms with Crippen LogP contribution in [0.5, 0.6) is 0 Å². The highest BCUT2D eigenvalue weighted by molar-refractivity contribution is 5.65. The summed E-state index contributed by atoms with van der Waals surface area (Å²) in [6.45, 7) is 0.812. The summed E-state index contributed by atoms with van der Waals surface area (Å²) in [4.78, 5) is 13.3. The Morgan fingerprint density at radius 2 is 2.00 bits per heavy atom. The highest BCUT2D eigenvalue weighted by Gasteiger charge is 2.57. The van der Waals surface area contributed by atoms with Gasteiger partial charge in [0, 0.05) is 18.0 Å². The third kappa shape index (κ3) is 1.52. The fraction of sp³-hybridized carbons (Fsp3) is 0.462. The Hall–Kier alpha value is -1.02. The second-order valence-electron chi connectivity index (χ2n) is 4.91. The van der Waals surface area contributed by atoms with Gasteiger partial charge in [0.25, 0.3) is 0 Å². The Kier molecular flexibility index (Phi) is 2.21. The number of benzene rings is 1. The molecule has 2 aliphatic rings. The molecule has 1 saturated heterocycles. The number of nitrogens with zero attached hydrogens (tertiary/aromatic N) is 1. The highest BCUT2D eigenvalue weighted by atomic mass is 35.5. The van der Waals surface area contributed by atoms with Gasteiger partial charge in [0.1, 0.15) is 0 Å². The van der Waals surface area contributed by atoms with Gasteiger partial charge in [0.2, 0.25) is 11.6 Å². The lowest BCUT2D eigenvalue weighted by Crippen LogP contribution is -2.34. The molecule has 16 heavy (non-hydrogen) atoms. The predicted octanol–water partition coefficient (Wildman–Crippen LogP) is 2.41. The Labute approximate surface area is 100 Å². The van der Waals surface area contributed by atoms with E-state index in [-0.39, 0.29) is 10.9 Å². The zero-order valence-electron chi connectivity index (χ0n) is 9.06. The Bertz CT molecular complexity index is 413. The third-order valence-corrected chi connectivity index (χ3v) is 4.14. The number of amides is 1. The molecule has 1 aliphatic carbocycles. The van der Waals surface area contributed by atoms with Gasteiger partial charge >= 0.3 is 5.37 Å². The summed E-state index contributed by atoms with van der Waals surface area (Å²) < 4.78 is 0. The average Bonchev–Trinajstić information content (AvgIpc) is 2.92. The van der Waals surface area contributed by atoms with Crippen molar-refractivity contribution in [1.29, 1.82) is 0 Å². The fourth-order valence-corrected chi connectivity index (χ4v) is 3.15. The molecule has 3 heteroatoms. The van der Waals surface area contributed by atoms with Gasteiger partial charge in [-0.25, -0.2) is 4.79 Å². The van der Waals surface area contributed by atoms with E-state index < -0.39 is 0 Å². The van der Waals surface area contributed by atoms with E-state index in [0.717, 1.165) is 25.8 Å². The van der Waals surface area contributed by atoms with Crippen molar-refractivity contribution in [1.82, 2.24) is 4.90 Å². The van der Waals surface area contributed by atoms with Gasteiger partial charge < -0.3 is 0 Å². The lowest BCUT2D eigenvalue weighted by molar-refractivity contribution is -0.267. The maximum atomic E-state index is 11.4. The van der Waals surface area contributed by atoms with Crippen LogP contribution in [0.3, 0.4) is 0 Å². The lowest BCUT2D eigenvalue weighted by Gasteiger charge is -2.16. The minimum absolute atomic E-state index is 0.138. The molecule has 0 radical (unpaired) electrons. The Morgan fingerprint density at radius 3 is 2.50 bits per heavy atom. The minimum Gasteiger partial charge on any atom is -0.283 e. The zero-order chi connectivity index (χ0) is 11.2. The van der Waals surface area contributed by atoms with Crippen molar-refractivity contribution < 1.29 is 16.4 Å². The molecular formula is C13H15ClNO+. The minimum atomic E-state index is -0.170. The summed E-state index contributed by atoms with van der Waals surface area (Å²) in [5.41, 5.74) is 1.48. The molecule has 1 aromatic carbocycles. The smallest absolute Gasteiger partial charge is 0.283 e. The van der Waals surface area contributed by atoms with Gasteiger partial charge in [-0.1, -0.05) is 30.3 Å². The first-order valence-corrected chi connectivity index (χ1v) is 6.16. The van der Waals surface area contributed by atoms with Crippen molar-refractivity contribution in [3.8, 4) is 0 Å². The summed E-state index contributed by atoms with van der Waals surface area (Å²) in [5.74, 6) is 0.482. The standard InChI is InChI=1S/C13H15ClNO/c14-12(16)15-9-11(8-13(15)6-7-13)10-4-2-1-3-5-10/h1-5,11,14H,6-9H2/q+1/t11-/m1/s1. The van der Waals surface area contributed by atoms with Crippen LogP contribution in [0.4, 0.5) is 4.79 Å². The van der Waals surface area contributed by atoms with Crippen LogP contribution in [0.25, 0.3) is 0 Å². The van der Waals surface area contributed by atoms with E-state index in [4.69, 9.17) is 11.6 Å². The molecule has 1 atom stereocenters. The van der Waals surface area contributed by atoms with Crippen LogP contribution in [0.15, 0.2) is 30.3 Å². The molecule has 2 fully saturated rings. The zero-order valence-corrected chi connectivity index (χ0v) is 9.87. The van der Waals surface area contributed by atoms with Gasteiger partial charge in [-0.3, -0.25) is 4.90 Å². The summed E-state index contributed by atoms with van der Waals surface area (Å²) in [6.07, 6.45) is 3.37. The van der Waals surface area contributed by atoms with Crippen LogP contribution in [0.1, 0.15) is 30.7 Å². The van der Waals surface area contributed by atoms with Crippen molar-refractivity contribution in [2.75, 3.05) is 6.54 Å². The summed E-state index contributed by atoms with van der Waals surface area (Å²) in [6, 6.07) is 10.5. The third-order valence-electron chi connectivity index (χ3n) is 3.92. The van der Waals surface area contributed by atoms with E-state index in [0.29, 0.717) is 5.92 Å². The van der Waals surface area contributed by atoms with E-state index in [1.54, 1.807) is 0 Å². The van der Waals surface area contributed by atoms with Crippen molar-refractivity contribution in [2.45, 2.75) is 30.7 Å². The normalized spacial score (nSPS) is 26.1. The van der Waals surface area contributed by atoms with Crippen LogP contribution >= 0.6 is 0 Å². The lowest BCUT2D eigenvalue weighted by atomic mass is 9.96. The van der Waals surface area contributed by atoms with E-state index in [1.807, 2.05) is 11.0 Å². The predicted molar refractivity (Wildman–Crippen MR) is 59.3 cm³/mol. The molecule has 1 aromatic rings. The summed E-state index contributed by atoms with van der Waals surface area (Å²) >= 11 is 4.82. The first-order chi connectivity index (χ1) is 7.71. The topological polar surface area (TPSA) is 20.3 Å². The quantitative estimate of drug-likeness (QED) is 0.542. The summed E-state index contributed by atoms with van der Waals surface area (Å²) in [5, 5.41) is -0.170. The number of carbonyl (C=O) groups is 1. The van der Waals surface area contributed by atoms with E-state index in [9.17, 15) is 4.79 Å². The number of halogens is 1. The molecule has 3 rings (SSSR count). The van der Waals surface area contributed by atoms with Crippen molar-refractivity contribution >= 4 is 5.37 Å². The van der Waals surface area contributed by atoms with Crippen LogP contribution in [0.2, 0.25) is 0 Å². The first-order valence-electron chi connectivity index (χ1n) is 5.75. The van der Waals surface area contributed by atoms with Gasteiger partial charge in [-0.05, 0) is 24.8 Å². The summed E-state index contributed by atoms with van der Waals surface area (Å²) in [7, 11) is 0. The largest absolute Gasteiger partial charge is 0.504 e. The van der Waals surface area contributed by atoms with E-state index >= 15 is 0 Å². The molecule has 1 heterocycles. The number of rotatable bonds is 1. The van der Waals surface area contributed by atoms with E-state index in [1.165, 1.54) is 5.56 Å². The number of likely N-dealkylation sites (tertiary alicyclic amines) is 1. The maximum Gasteiger partial charge on any atom is 0.504 e. The van der Waals surface area contributed by atoms with Crippen LogP contribution in [0, 0.1) is 11.6 Å². The van der Waals surface area contributed by atoms with Crippen molar-refractivity contribution in [3.05, 3.63) is 35.9 Å². The molecule has 1 saturated carbocycles. The second-order valence-corrected chi connectivity index (χ2v) is 5.26. The van der Waals surface area contributed by atoms with Crippen molar-refractivity contribution in [2.24, 2.45) is 0 Å². The first kappa shape index (κ1) is 10.2. The Morgan fingerprint density at radius 1 is 1.31 bits per heavy atom. The van der Waals surface area contributed by atoms with Gasteiger partial charge in [0.05, 0.1) is 0 Å². The maximum absolute atomic E-state index is 11.4. The Balaban J connectivity index is 1.84. The average molecular weight is 237 g/mol. The monoisotopic (exact) mass is 236 g/mol. The van der Waals surface area contributed by atoms with Crippen LogP contribution in [-0.2, 0) is 0 Å². The van der Waals surface area contributed by atoms with Gasteiger partial charge in [-0.2, -0.15) is 0 Å². The molecular weight excluding hydrogens is 222 g/mol. The molecule has 2 nitrogen and oxygen atoms in total.